The fourth-order valence-electron chi connectivity index (χ4n) is 2.80. The molecule has 2 aromatic rings. The average molecular weight is 391 g/mol. The topological polar surface area (TPSA) is 90.7 Å². The van der Waals surface area contributed by atoms with Gasteiger partial charge >= 0.3 is 0 Å². The molecule has 0 spiro atoms. The van der Waals surface area contributed by atoms with Crippen LogP contribution in [0.3, 0.4) is 0 Å². The van der Waals surface area contributed by atoms with Crippen LogP contribution in [0.2, 0.25) is 5.02 Å². The first-order chi connectivity index (χ1) is 12.9. The number of hydrogen-bond acceptors (Lipinski definition) is 5. The Morgan fingerprint density at radius 2 is 2.19 bits per heavy atom. The van der Waals surface area contributed by atoms with E-state index in [1.165, 1.54) is 12.1 Å². The number of benzene rings is 2. The summed E-state index contributed by atoms with van der Waals surface area (Å²) in [5.74, 6) is 0.0672. The maximum Gasteiger partial charge on any atom is 0.270 e. The Bertz CT molecular complexity index is 865. The summed E-state index contributed by atoms with van der Waals surface area (Å²) in [6.45, 7) is 3.08. The molecule has 8 heteroatoms. The standard InChI is InChI=1S/C19H19ClN2O5/c1-12-4-7-17(18(9-12)27-11-14-3-2-8-26-14)21-19(23)15-6-5-13(22(24)25)10-16(15)20/h4-7,9-10,14H,2-3,8,11H2,1H3,(H,21,23). The maximum atomic E-state index is 12.6. The van der Waals surface area contributed by atoms with Crippen molar-refractivity contribution in [3.05, 3.63) is 62.7 Å². The van der Waals surface area contributed by atoms with Gasteiger partial charge in [-0.3, -0.25) is 14.9 Å². The van der Waals surface area contributed by atoms with Crippen LogP contribution < -0.4 is 10.1 Å². The summed E-state index contributed by atoms with van der Waals surface area (Å²) in [6, 6.07) is 9.16. The van der Waals surface area contributed by atoms with Gasteiger partial charge in [-0.25, -0.2) is 0 Å². The highest BCUT2D eigenvalue weighted by Crippen LogP contribution is 2.29. The number of nitrogens with zero attached hydrogens (tertiary/aromatic N) is 1. The van der Waals surface area contributed by atoms with Gasteiger partial charge in [-0.15, -0.1) is 0 Å². The minimum absolute atomic E-state index is 0.00985. The Kier molecular flexibility index (Phi) is 5.93. The number of ether oxygens (including phenoxy) is 2. The Hall–Kier alpha value is -2.64. The molecular weight excluding hydrogens is 372 g/mol. The molecule has 1 aliphatic heterocycles. The Labute approximate surface area is 161 Å². The molecule has 1 unspecified atom stereocenters. The van der Waals surface area contributed by atoms with Gasteiger partial charge in [0.05, 0.1) is 27.3 Å². The van der Waals surface area contributed by atoms with Crippen molar-refractivity contribution >= 4 is 28.9 Å². The molecule has 1 amide bonds. The van der Waals surface area contributed by atoms with E-state index in [0.717, 1.165) is 31.1 Å². The molecule has 7 nitrogen and oxygen atoms in total. The second-order valence-corrected chi connectivity index (χ2v) is 6.73. The zero-order chi connectivity index (χ0) is 19.4. The van der Waals surface area contributed by atoms with Gasteiger partial charge in [0.15, 0.2) is 0 Å². The first-order valence-corrected chi connectivity index (χ1v) is 8.92. The van der Waals surface area contributed by atoms with Crippen molar-refractivity contribution in [1.29, 1.82) is 0 Å². The molecule has 0 saturated carbocycles. The monoisotopic (exact) mass is 390 g/mol. The maximum absolute atomic E-state index is 12.6. The summed E-state index contributed by atoms with van der Waals surface area (Å²) in [5.41, 5.74) is 1.46. The van der Waals surface area contributed by atoms with Gasteiger partial charge in [-0.05, 0) is 43.5 Å². The lowest BCUT2D eigenvalue weighted by atomic mass is 10.1. The Morgan fingerprint density at radius 1 is 1.37 bits per heavy atom. The number of aryl methyl sites for hydroxylation is 1. The van der Waals surface area contributed by atoms with Crippen LogP contribution in [0.1, 0.15) is 28.8 Å². The third-order valence-electron chi connectivity index (χ3n) is 4.24. The summed E-state index contributed by atoms with van der Waals surface area (Å²) >= 11 is 6.03. The van der Waals surface area contributed by atoms with Gasteiger partial charge in [0.25, 0.3) is 11.6 Å². The van der Waals surface area contributed by atoms with Crippen molar-refractivity contribution in [2.75, 3.05) is 18.5 Å². The number of carbonyl (C=O) groups excluding carboxylic acids is 1. The number of nitro benzene ring substituents is 1. The van der Waals surface area contributed by atoms with Crippen LogP contribution in [0.5, 0.6) is 5.75 Å². The quantitative estimate of drug-likeness (QED) is 0.584. The zero-order valence-corrected chi connectivity index (χ0v) is 15.5. The van der Waals surface area contributed by atoms with E-state index in [-0.39, 0.29) is 22.4 Å². The Balaban J connectivity index is 1.76. The fourth-order valence-corrected chi connectivity index (χ4v) is 3.06. The number of nitro groups is 1. The molecule has 1 aliphatic rings. The number of hydrogen-bond donors (Lipinski definition) is 1. The third-order valence-corrected chi connectivity index (χ3v) is 4.55. The number of amides is 1. The lowest BCUT2D eigenvalue weighted by Crippen LogP contribution is -2.18. The van der Waals surface area contributed by atoms with E-state index in [2.05, 4.69) is 5.32 Å². The molecule has 1 saturated heterocycles. The highest BCUT2D eigenvalue weighted by molar-refractivity contribution is 6.34. The summed E-state index contributed by atoms with van der Waals surface area (Å²) in [7, 11) is 0. The SMILES string of the molecule is Cc1ccc(NC(=O)c2ccc([N+](=O)[O-])cc2Cl)c(OCC2CCCO2)c1. The molecule has 142 valence electrons. The molecule has 27 heavy (non-hydrogen) atoms. The van der Waals surface area contributed by atoms with Crippen molar-refractivity contribution in [3.8, 4) is 5.75 Å². The van der Waals surface area contributed by atoms with E-state index in [9.17, 15) is 14.9 Å². The van der Waals surface area contributed by atoms with Gasteiger partial charge in [-0.2, -0.15) is 0 Å². The van der Waals surface area contributed by atoms with Crippen LogP contribution in [0.4, 0.5) is 11.4 Å². The van der Waals surface area contributed by atoms with E-state index >= 15 is 0 Å². The minimum atomic E-state index is -0.565. The van der Waals surface area contributed by atoms with Gasteiger partial charge in [0, 0.05) is 18.7 Å². The van der Waals surface area contributed by atoms with Crippen molar-refractivity contribution in [3.63, 3.8) is 0 Å². The van der Waals surface area contributed by atoms with Crippen molar-refractivity contribution in [2.45, 2.75) is 25.9 Å². The molecule has 1 N–H and O–H groups in total. The molecule has 0 radical (unpaired) electrons. The Morgan fingerprint density at radius 3 is 2.85 bits per heavy atom. The number of rotatable bonds is 6. The van der Waals surface area contributed by atoms with E-state index in [1.54, 1.807) is 6.07 Å². The second kappa shape index (κ2) is 8.37. The highest BCUT2D eigenvalue weighted by Gasteiger charge is 2.19. The minimum Gasteiger partial charge on any atom is -0.489 e. The van der Waals surface area contributed by atoms with Gasteiger partial charge in [0.1, 0.15) is 12.4 Å². The van der Waals surface area contributed by atoms with Gasteiger partial charge < -0.3 is 14.8 Å². The average Bonchev–Trinajstić information content (AvgIpc) is 3.15. The lowest BCUT2D eigenvalue weighted by molar-refractivity contribution is -0.384. The van der Waals surface area contributed by atoms with Crippen LogP contribution in [0.15, 0.2) is 36.4 Å². The number of anilines is 1. The largest absolute Gasteiger partial charge is 0.489 e. The highest BCUT2D eigenvalue weighted by atomic mass is 35.5. The lowest BCUT2D eigenvalue weighted by Gasteiger charge is -2.16. The molecule has 0 aliphatic carbocycles. The van der Waals surface area contributed by atoms with Crippen LogP contribution in [0.25, 0.3) is 0 Å². The molecule has 0 aromatic heterocycles. The molecule has 1 fully saturated rings. The summed E-state index contributed by atoms with van der Waals surface area (Å²) in [6.07, 6.45) is 2.02. The van der Waals surface area contributed by atoms with E-state index in [0.29, 0.717) is 18.0 Å². The van der Waals surface area contributed by atoms with Crippen molar-refractivity contribution in [2.24, 2.45) is 0 Å². The van der Waals surface area contributed by atoms with Crippen LogP contribution in [0, 0.1) is 17.0 Å². The van der Waals surface area contributed by atoms with Crippen LogP contribution >= 0.6 is 11.6 Å². The summed E-state index contributed by atoms with van der Waals surface area (Å²) < 4.78 is 11.4. The van der Waals surface area contributed by atoms with E-state index in [4.69, 9.17) is 21.1 Å². The number of non-ortho nitro benzene ring substituents is 1. The number of nitrogens with one attached hydrogen (secondary N) is 1. The van der Waals surface area contributed by atoms with E-state index < -0.39 is 10.8 Å². The van der Waals surface area contributed by atoms with Crippen molar-refractivity contribution < 1.29 is 19.2 Å². The molecule has 2 aromatic carbocycles. The number of halogens is 1. The smallest absolute Gasteiger partial charge is 0.270 e. The van der Waals surface area contributed by atoms with Gasteiger partial charge in [-0.1, -0.05) is 17.7 Å². The number of carbonyl (C=O) groups is 1. The molecular formula is C19H19ClN2O5. The first-order valence-electron chi connectivity index (χ1n) is 8.54. The predicted octanol–water partition coefficient (Wildman–Crippen LogP) is 4.37. The molecule has 1 heterocycles. The molecule has 0 bridgehead atoms. The molecule has 3 rings (SSSR count). The fraction of sp³-hybridized carbons (Fsp3) is 0.316. The predicted molar refractivity (Wildman–Crippen MR) is 102 cm³/mol. The van der Waals surface area contributed by atoms with Gasteiger partial charge in [0.2, 0.25) is 0 Å². The van der Waals surface area contributed by atoms with Crippen LogP contribution in [-0.2, 0) is 4.74 Å². The first kappa shape index (κ1) is 19.1. The van der Waals surface area contributed by atoms with E-state index in [1.807, 2.05) is 19.1 Å². The third kappa shape index (κ3) is 4.75. The normalized spacial score (nSPS) is 16.1. The summed E-state index contributed by atoms with van der Waals surface area (Å²) in [4.78, 5) is 22.8. The summed E-state index contributed by atoms with van der Waals surface area (Å²) in [5, 5.41) is 13.6. The van der Waals surface area contributed by atoms with Crippen molar-refractivity contribution in [1.82, 2.24) is 0 Å². The zero-order valence-electron chi connectivity index (χ0n) is 14.7. The second-order valence-electron chi connectivity index (χ2n) is 6.32. The molecule has 1 atom stereocenters. The van der Waals surface area contributed by atoms with Crippen LogP contribution in [-0.4, -0.2) is 30.1 Å².